The van der Waals surface area contributed by atoms with E-state index in [-0.39, 0.29) is 5.56 Å². The molecular formula is C7H7F5SSb+. The molecule has 7 heteroatoms. The second-order valence-electron chi connectivity index (χ2n) is 2.57. The molecule has 0 radical (unpaired) electrons. The normalized spacial score (nSPS) is 12.9. The summed E-state index contributed by atoms with van der Waals surface area (Å²) in [6, 6.07) is 7.06. The number of halogens is 5. The van der Waals surface area contributed by atoms with Gasteiger partial charge in [-0.2, -0.15) is 0 Å². The zero-order valence-corrected chi connectivity index (χ0v) is 10.2. The fourth-order valence-electron chi connectivity index (χ4n) is 0.848. The summed E-state index contributed by atoms with van der Waals surface area (Å²) in [6.07, 6.45) is 0. The fourth-order valence-corrected chi connectivity index (χ4v) is 4.12. The van der Waals surface area contributed by atoms with Gasteiger partial charge in [-0.1, -0.05) is 0 Å². The first kappa shape index (κ1) is 12.1. The van der Waals surface area contributed by atoms with Crippen LogP contribution < -0.4 is 0 Å². The third-order valence-electron chi connectivity index (χ3n) is 1.49. The van der Waals surface area contributed by atoms with Gasteiger partial charge < -0.3 is 0 Å². The molecule has 1 aromatic carbocycles. The second kappa shape index (κ2) is 4.27. The van der Waals surface area contributed by atoms with Gasteiger partial charge in [-0.25, -0.2) is 0 Å². The second-order valence-corrected chi connectivity index (χ2v) is 13.6. The van der Waals surface area contributed by atoms with Gasteiger partial charge in [0.25, 0.3) is 0 Å². The topological polar surface area (TPSA) is 0 Å². The molecule has 1 aromatic rings. The van der Waals surface area contributed by atoms with Gasteiger partial charge >= 0.3 is 83.8 Å². The maximum absolute atomic E-state index is 12.7. The minimum absolute atomic E-state index is 0.0545. The molecule has 0 atom stereocenters. The molecule has 0 aliphatic rings. The Morgan fingerprint density at radius 3 is 1.93 bits per heavy atom. The Balaban J connectivity index is 3.03. The van der Waals surface area contributed by atoms with Crippen LogP contribution in [0.25, 0.3) is 0 Å². The van der Waals surface area contributed by atoms with E-state index in [1.165, 1.54) is 24.3 Å². The summed E-state index contributed by atoms with van der Waals surface area (Å²) in [5.41, 5.74) is 0.0545. The predicted molar refractivity (Wildman–Crippen MR) is 48.8 cm³/mol. The van der Waals surface area contributed by atoms with Crippen molar-refractivity contribution in [2.24, 2.45) is 0 Å². The van der Waals surface area contributed by atoms with E-state index in [1.807, 2.05) is 0 Å². The van der Waals surface area contributed by atoms with Crippen molar-refractivity contribution in [3.05, 3.63) is 35.9 Å². The SMILES string of the molecule is F[S+](F)(Cc1ccccc1)=[Sb]([F])([F])[F]. The summed E-state index contributed by atoms with van der Waals surface area (Å²) in [5.74, 6) is -1.14. The van der Waals surface area contributed by atoms with E-state index in [0.717, 1.165) is 0 Å². The summed E-state index contributed by atoms with van der Waals surface area (Å²) >= 11 is -7.44. The van der Waals surface area contributed by atoms with Gasteiger partial charge in [-0.3, -0.25) is 0 Å². The molecule has 0 nitrogen and oxygen atoms in total. The molecule has 0 aliphatic heterocycles. The molecule has 0 saturated carbocycles. The van der Waals surface area contributed by atoms with Crippen molar-refractivity contribution in [2.75, 3.05) is 0 Å². The van der Waals surface area contributed by atoms with Crippen LogP contribution >= 0.6 is 0 Å². The van der Waals surface area contributed by atoms with Crippen LogP contribution in [-0.2, 0) is 13.1 Å². The molecule has 0 saturated heterocycles. The Morgan fingerprint density at radius 1 is 1.00 bits per heavy atom. The first-order chi connectivity index (χ1) is 6.33. The van der Waals surface area contributed by atoms with Gasteiger partial charge in [0.2, 0.25) is 0 Å². The molecule has 0 heterocycles. The van der Waals surface area contributed by atoms with E-state index in [4.69, 9.17) is 0 Å². The predicted octanol–water partition coefficient (Wildman–Crippen LogP) is 3.45. The van der Waals surface area contributed by atoms with E-state index in [1.54, 1.807) is 6.07 Å². The van der Waals surface area contributed by atoms with Crippen LogP contribution in [0.2, 0.25) is 0 Å². The van der Waals surface area contributed by atoms with Gasteiger partial charge in [-0.15, -0.1) is 0 Å². The van der Waals surface area contributed by atoms with Crippen LogP contribution in [0.1, 0.15) is 5.56 Å². The molecule has 14 heavy (non-hydrogen) atoms. The summed E-state index contributed by atoms with van der Waals surface area (Å²) in [6.45, 7) is 0. The average molecular weight is 340 g/mol. The molecule has 0 unspecified atom stereocenters. The van der Waals surface area contributed by atoms with Crippen molar-refractivity contribution in [1.82, 2.24) is 0 Å². The monoisotopic (exact) mass is 339 g/mol. The van der Waals surface area contributed by atoms with Gasteiger partial charge in [0.15, 0.2) is 0 Å². The molecule has 0 fully saturated rings. The van der Waals surface area contributed by atoms with Gasteiger partial charge in [-0.05, 0) is 0 Å². The molecule has 0 aromatic heterocycles. The van der Waals surface area contributed by atoms with E-state index in [9.17, 15) is 16.2 Å². The zero-order chi connectivity index (χ0) is 10.8. The van der Waals surface area contributed by atoms with Crippen molar-refractivity contribution < 1.29 is 16.2 Å². The Morgan fingerprint density at radius 2 is 1.50 bits per heavy atom. The standard InChI is InChI=1S/C7H7F2S.3FH.Sb/c8-10(9)6-7-4-2-1-3-5-7;;;;/h1-5H,6H2;3*1H;/q+1;;;;+3/p-3. The van der Waals surface area contributed by atoms with E-state index < -0.39 is 31.7 Å². The van der Waals surface area contributed by atoms with Crippen LogP contribution in [0, 0.1) is 0 Å². The van der Waals surface area contributed by atoms with Crippen molar-refractivity contribution in [1.29, 1.82) is 0 Å². The molecular weight excluding hydrogens is 333 g/mol. The quantitative estimate of drug-likeness (QED) is 0.440. The fraction of sp³-hybridized carbons (Fsp3) is 0.143. The molecule has 0 spiro atoms. The van der Waals surface area contributed by atoms with Crippen molar-refractivity contribution >= 4 is 25.9 Å². The van der Waals surface area contributed by atoms with Gasteiger partial charge in [0.05, 0.1) is 0 Å². The van der Waals surface area contributed by atoms with Crippen molar-refractivity contribution in [2.45, 2.75) is 5.75 Å². The van der Waals surface area contributed by atoms with Crippen LogP contribution in [0.15, 0.2) is 30.3 Å². The summed E-state index contributed by atoms with van der Waals surface area (Å²) in [4.78, 5) is 0. The third kappa shape index (κ3) is 3.02. The van der Waals surface area contributed by atoms with E-state index in [2.05, 4.69) is 0 Å². The number of hydrogen-bond acceptors (Lipinski definition) is 0. The summed E-state index contributed by atoms with van der Waals surface area (Å²) in [7, 11) is -5.35. The van der Waals surface area contributed by atoms with Gasteiger partial charge in [0.1, 0.15) is 0 Å². The molecule has 80 valence electrons. The summed E-state index contributed by atoms with van der Waals surface area (Å²) in [5, 5.41) is 0. The van der Waals surface area contributed by atoms with Crippen LogP contribution in [0.3, 0.4) is 0 Å². The molecule has 0 amide bonds. The Labute approximate surface area is 83.7 Å². The third-order valence-corrected chi connectivity index (χ3v) is 9.06. The average Bonchev–Trinajstić information content (AvgIpc) is 2.03. The molecule has 0 N–H and O–H groups in total. The first-order valence-corrected chi connectivity index (χ1v) is 11.1. The van der Waals surface area contributed by atoms with Crippen molar-refractivity contribution in [3.63, 3.8) is 0 Å². The van der Waals surface area contributed by atoms with Gasteiger partial charge in [0, 0.05) is 0 Å². The van der Waals surface area contributed by atoms with Crippen LogP contribution in [0.5, 0.6) is 0 Å². The number of rotatable bonds is 2. The minimum atomic E-state index is -7.44. The summed E-state index contributed by atoms with van der Waals surface area (Å²) < 4.78 is 61.3. The van der Waals surface area contributed by atoms with E-state index >= 15 is 0 Å². The van der Waals surface area contributed by atoms with Crippen molar-refractivity contribution in [3.8, 4) is 0 Å². The van der Waals surface area contributed by atoms with E-state index in [0.29, 0.717) is 0 Å². The zero-order valence-electron chi connectivity index (χ0n) is 6.84. The van der Waals surface area contributed by atoms with Crippen LogP contribution in [-0.4, -0.2) is 18.6 Å². The van der Waals surface area contributed by atoms with Crippen LogP contribution in [0.4, 0.5) is 16.2 Å². The number of hydrogen-bond donors (Lipinski definition) is 0. The number of benzene rings is 1. The maximum atomic E-state index is 12.7. The molecule has 1 rings (SSSR count). The Kier molecular flexibility index (Phi) is 3.69. The Bertz CT molecular complexity index is 370. The first-order valence-electron chi connectivity index (χ1n) is 3.55. The molecule has 0 bridgehead atoms. The Hall–Kier alpha value is 0.0382. The molecule has 0 aliphatic carbocycles.